The van der Waals surface area contributed by atoms with Gasteiger partial charge in [-0.1, -0.05) is 0 Å². The Morgan fingerprint density at radius 1 is 1.43 bits per heavy atom. The summed E-state index contributed by atoms with van der Waals surface area (Å²) in [6.45, 7) is 1.68. The summed E-state index contributed by atoms with van der Waals surface area (Å²) in [4.78, 5) is 15.2. The van der Waals surface area contributed by atoms with Crippen molar-refractivity contribution < 1.29 is 22.3 Å². The molecule has 2 rings (SSSR count). The van der Waals surface area contributed by atoms with E-state index in [1.807, 2.05) is 0 Å². The number of carbonyl (C=O) groups excluding carboxylic acids is 1. The number of hydrogen-bond acceptors (Lipinski definition) is 6. The summed E-state index contributed by atoms with van der Waals surface area (Å²) in [5, 5.41) is 5.28. The highest BCUT2D eigenvalue weighted by atomic mass is 32.2. The molecule has 0 unspecified atom stereocenters. The molecule has 21 heavy (non-hydrogen) atoms. The van der Waals surface area contributed by atoms with Gasteiger partial charge >= 0.3 is 5.97 Å². The molecule has 0 saturated carbocycles. The van der Waals surface area contributed by atoms with Gasteiger partial charge in [0.2, 0.25) is 0 Å². The minimum absolute atomic E-state index is 0.0937. The van der Waals surface area contributed by atoms with Crippen molar-refractivity contribution in [2.75, 3.05) is 11.3 Å². The third-order valence-electron chi connectivity index (χ3n) is 2.33. The molecule has 0 aliphatic rings. The summed E-state index contributed by atoms with van der Waals surface area (Å²) < 4.78 is 43.9. The second-order valence-corrected chi connectivity index (χ2v) is 5.42. The first kappa shape index (κ1) is 14.9. The Balaban J connectivity index is 2.30. The summed E-state index contributed by atoms with van der Waals surface area (Å²) in [7, 11) is -4.13. The summed E-state index contributed by atoms with van der Waals surface area (Å²) >= 11 is 0. The third-order valence-corrected chi connectivity index (χ3v) is 3.66. The van der Waals surface area contributed by atoms with Crippen molar-refractivity contribution in [3.8, 4) is 0 Å². The van der Waals surface area contributed by atoms with Crippen LogP contribution in [0.2, 0.25) is 0 Å². The molecule has 112 valence electrons. The first-order valence-electron chi connectivity index (χ1n) is 5.79. The molecule has 2 N–H and O–H groups in total. The lowest BCUT2D eigenvalue weighted by Gasteiger charge is -2.07. The molecule has 2 aromatic heterocycles. The second-order valence-electron chi connectivity index (χ2n) is 3.80. The monoisotopic (exact) mass is 314 g/mol. The first-order chi connectivity index (χ1) is 9.94. The minimum atomic E-state index is -4.13. The van der Waals surface area contributed by atoms with Crippen LogP contribution >= 0.6 is 0 Å². The number of pyridine rings is 1. The van der Waals surface area contributed by atoms with Crippen molar-refractivity contribution in [2.45, 2.75) is 11.9 Å². The van der Waals surface area contributed by atoms with Gasteiger partial charge in [-0.3, -0.25) is 9.82 Å². The molecule has 0 aromatic carbocycles. The van der Waals surface area contributed by atoms with E-state index in [1.165, 1.54) is 0 Å². The lowest BCUT2D eigenvalue weighted by atomic mass is 10.4. The molecule has 2 aromatic rings. The lowest BCUT2D eigenvalue weighted by molar-refractivity contribution is 0.0522. The summed E-state index contributed by atoms with van der Waals surface area (Å²) in [5.41, 5.74) is -0.230. The van der Waals surface area contributed by atoms with E-state index < -0.39 is 26.8 Å². The quantitative estimate of drug-likeness (QED) is 0.793. The number of aromatic amines is 1. The van der Waals surface area contributed by atoms with E-state index in [1.54, 1.807) is 6.92 Å². The Kier molecular flexibility index (Phi) is 4.17. The zero-order valence-corrected chi connectivity index (χ0v) is 11.6. The van der Waals surface area contributed by atoms with E-state index in [0.717, 1.165) is 24.5 Å². The van der Waals surface area contributed by atoms with Crippen LogP contribution < -0.4 is 4.72 Å². The minimum Gasteiger partial charge on any atom is -0.462 e. The Hall–Kier alpha value is -2.49. The van der Waals surface area contributed by atoms with Crippen LogP contribution in [0.15, 0.2) is 29.6 Å². The highest BCUT2D eigenvalue weighted by molar-refractivity contribution is 7.92. The average Bonchev–Trinajstić information content (AvgIpc) is 2.92. The van der Waals surface area contributed by atoms with Crippen molar-refractivity contribution in [2.24, 2.45) is 0 Å². The number of nitrogens with one attached hydrogen (secondary N) is 2. The molecule has 8 nitrogen and oxygen atoms in total. The number of sulfonamides is 1. The van der Waals surface area contributed by atoms with Crippen LogP contribution in [0.3, 0.4) is 0 Å². The summed E-state index contributed by atoms with van der Waals surface area (Å²) in [6, 6.07) is 2.19. The topological polar surface area (TPSA) is 114 Å². The molecule has 0 saturated heterocycles. The number of halogens is 1. The van der Waals surface area contributed by atoms with Gasteiger partial charge in [-0.05, 0) is 19.1 Å². The van der Waals surface area contributed by atoms with Gasteiger partial charge in [0.15, 0.2) is 5.03 Å². The summed E-state index contributed by atoms with van der Waals surface area (Å²) in [6.07, 6.45) is 1.90. The molecule has 0 fully saturated rings. The maximum atomic E-state index is 12.7. The number of rotatable bonds is 5. The fourth-order valence-corrected chi connectivity index (χ4v) is 2.55. The van der Waals surface area contributed by atoms with Crippen LogP contribution in [0.4, 0.5) is 10.2 Å². The zero-order valence-electron chi connectivity index (χ0n) is 10.8. The zero-order chi connectivity index (χ0) is 15.5. The van der Waals surface area contributed by atoms with Gasteiger partial charge in [0, 0.05) is 0 Å². The van der Waals surface area contributed by atoms with Crippen molar-refractivity contribution in [3.63, 3.8) is 0 Å². The highest BCUT2D eigenvalue weighted by Crippen LogP contribution is 2.17. The Morgan fingerprint density at radius 2 is 2.19 bits per heavy atom. The molecule has 0 radical (unpaired) electrons. The number of ether oxygens (including phenoxy) is 1. The van der Waals surface area contributed by atoms with Gasteiger partial charge in [-0.25, -0.2) is 14.2 Å². The van der Waals surface area contributed by atoms with E-state index in [2.05, 4.69) is 19.9 Å². The standard InChI is InChI=1S/C11H11FN4O4S/c1-2-20-11(17)8-6-14-15-10(8)21(18,19)16-9-4-3-7(12)5-13-9/h3-6H,2H2,1H3,(H,13,16)(H,14,15). The van der Waals surface area contributed by atoms with Crippen LogP contribution in [0.5, 0.6) is 0 Å². The Bertz CT molecular complexity index is 742. The SMILES string of the molecule is CCOC(=O)c1cn[nH]c1S(=O)(=O)Nc1ccc(F)cn1. The normalized spacial score (nSPS) is 11.1. The summed E-state index contributed by atoms with van der Waals surface area (Å²) in [5.74, 6) is -1.52. The molecule has 0 bridgehead atoms. The van der Waals surface area contributed by atoms with Crippen LogP contribution in [0, 0.1) is 5.82 Å². The van der Waals surface area contributed by atoms with Gasteiger partial charge in [-0.15, -0.1) is 0 Å². The number of hydrogen-bond donors (Lipinski definition) is 2. The molecular weight excluding hydrogens is 303 g/mol. The number of H-pyrrole nitrogens is 1. The van der Waals surface area contributed by atoms with E-state index >= 15 is 0 Å². The first-order valence-corrected chi connectivity index (χ1v) is 7.27. The van der Waals surface area contributed by atoms with E-state index in [9.17, 15) is 17.6 Å². The van der Waals surface area contributed by atoms with E-state index in [0.29, 0.717) is 0 Å². The Labute approximate surface area is 119 Å². The van der Waals surface area contributed by atoms with Gasteiger partial charge in [0.25, 0.3) is 10.0 Å². The third kappa shape index (κ3) is 3.34. The van der Waals surface area contributed by atoms with Gasteiger partial charge in [0.05, 0.1) is 19.0 Å². The molecule has 0 spiro atoms. The number of nitrogens with zero attached hydrogens (tertiary/aromatic N) is 2. The largest absolute Gasteiger partial charge is 0.462 e. The molecule has 2 heterocycles. The molecular formula is C11H11FN4O4S. The number of anilines is 1. The van der Waals surface area contributed by atoms with Gasteiger partial charge < -0.3 is 4.74 Å². The Morgan fingerprint density at radius 3 is 2.81 bits per heavy atom. The molecule has 0 amide bonds. The van der Waals surface area contributed by atoms with Gasteiger partial charge in [-0.2, -0.15) is 13.5 Å². The average molecular weight is 314 g/mol. The second kappa shape index (κ2) is 5.87. The van der Waals surface area contributed by atoms with Crippen LogP contribution in [-0.4, -0.2) is 36.2 Å². The number of carbonyl (C=O) groups is 1. The number of esters is 1. The van der Waals surface area contributed by atoms with Crippen molar-refractivity contribution in [1.29, 1.82) is 0 Å². The van der Waals surface area contributed by atoms with E-state index in [4.69, 9.17) is 4.74 Å². The fraction of sp³-hybridized carbons (Fsp3) is 0.182. The molecule has 0 atom stereocenters. The van der Waals surface area contributed by atoms with Crippen molar-refractivity contribution in [3.05, 3.63) is 35.9 Å². The van der Waals surface area contributed by atoms with Gasteiger partial charge in [0.1, 0.15) is 17.2 Å². The lowest BCUT2D eigenvalue weighted by Crippen LogP contribution is -2.18. The van der Waals surface area contributed by atoms with Crippen molar-refractivity contribution in [1.82, 2.24) is 15.2 Å². The highest BCUT2D eigenvalue weighted by Gasteiger charge is 2.26. The predicted molar refractivity (Wildman–Crippen MR) is 69.5 cm³/mol. The molecule has 10 heteroatoms. The number of aromatic nitrogens is 3. The molecule has 0 aliphatic heterocycles. The molecule has 0 aliphatic carbocycles. The maximum Gasteiger partial charge on any atom is 0.342 e. The smallest absolute Gasteiger partial charge is 0.342 e. The maximum absolute atomic E-state index is 12.7. The van der Waals surface area contributed by atoms with Crippen LogP contribution in [0.1, 0.15) is 17.3 Å². The fourth-order valence-electron chi connectivity index (χ4n) is 1.46. The van der Waals surface area contributed by atoms with Crippen molar-refractivity contribution >= 4 is 21.8 Å². The van der Waals surface area contributed by atoms with Crippen LogP contribution in [-0.2, 0) is 14.8 Å². The van der Waals surface area contributed by atoms with E-state index in [-0.39, 0.29) is 18.0 Å². The van der Waals surface area contributed by atoms with Crippen LogP contribution in [0.25, 0.3) is 0 Å². The predicted octanol–water partition coefficient (Wildman–Crippen LogP) is 0.921.